The molecule has 1 atom stereocenters. The van der Waals surface area contributed by atoms with Gasteiger partial charge in [0.05, 0.1) is 14.2 Å². The van der Waals surface area contributed by atoms with Crippen molar-refractivity contribution < 1.29 is 18.9 Å². The minimum absolute atomic E-state index is 0.157. The van der Waals surface area contributed by atoms with Gasteiger partial charge in [0.25, 0.3) is 0 Å². The standard InChI is InChI=1S/C32H33NO4/c1-34-29-14-13-25(18-31(29)36-21-23-9-5-3-6-10-23)17-28-27-20-32(37-22-24-11-7-4-8-12-24)30(35-2)19-26(27)15-16-33-28/h3-14,18-20,28,33H,15-17,21-22H2,1-2H3. The summed E-state index contributed by atoms with van der Waals surface area (Å²) in [7, 11) is 3.37. The second-order valence-corrected chi connectivity index (χ2v) is 9.20. The molecule has 1 N–H and O–H groups in total. The van der Waals surface area contributed by atoms with Crippen molar-refractivity contribution in [3.8, 4) is 23.0 Å². The Morgan fingerprint density at radius 3 is 1.89 bits per heavy atom. The average Bonchev–Trinajstić information content (AvgIpc) is 2.96. The van der Waals surface area contributed by atoms with E-state index < -0.39 is 0 Å². The highest BCUT2D eigenvalue weighted by molar-refractivity contribution is 5.50. The molecule has 1 aliphatic heterocycles. The van der Waals surface area contributed by atoms with Crippen molar-refractivity contribution in [2.75, 3.05) is 20.8 Å². The number of methoxy groups -OCH3 is 2. The second kappa shape index (κ2) is 11.8. The average molecular weight is 496 g/mol. The van der Waals surface area contributed by atoms with Crippen LogP contribution < -0.4 is 24.3 Å². The second-order valence-electron chi connectivity index (χ2n) is 9.20. The van der Waals surface area contributed by atoms with Crippen molar-refractivity contribution >= 4 is 0 Å². The van der Waals surface area contributed by atoms with Gasteiger partial charge >= 0.3 is 0 Å². The largest absolute Gasteiger partial charge is 0.493 e. The lowest BCUT2D eigenvalue weighted by molar-refractivity contribution is 0.282. The van der Waals surface area contributed by atoms with Crippen molar-refractivity contribution in [3.05, 3.63) is 119 Å². The molecule has 0 amide bonds. The highest BCUT2D eigenvalue weighted by Gasteiger charge is 2.23. The van der Waals surface area contributed by atoms with E-state index in [9.17, 15) is 0 Å². The highest BCUT2D eigenvalue weighted by atomic mass is 16.5. The van der Waals surface area contributed by atoms with Gasteiger partial charge in [-0.2, -0.15) is 0 Å². The third-order valence-electron chi connectivity index (χ3n) is 6.73. The summed E-state index contributed by atoms with van der Waals surface area (Å²) in [5.41, 5.74) is 5.96. The Morgan fingerprint density at radius 1 is 0.649 bits per heavy atom. The SMILES string of the molecule is COc1ccc(CC2NCCc3cc(OC)c(OCc4ccccc4)cc32)cc1OCc1ccccc1. The predicted octanol–water partition coefficient (Wildman–Crippen LogP) is 6.29. The molecule has 1 aliphatic rings. The van der Waals surface area contributed by atoms with Crippen LogP contribution in [-0.2, 0) is 26.1 Å². The Kier molecular flexibility index (Phi) is 7.92. The van der Waals surface area contributed by atoms with Crippen LogP contribution in [0.1, 0.15) is 33.9 Å². The van der Waals surface area contributed by atoms with Crippen LogP contribution in [0, 0.1) is 0 Å². The van der Waals surface area contributed by atoms with E-state index in [0.717, 1.165) is 53.5 Å². The molecule has 0 bridgehead atoms. The van der Waals surface area contributed by atoms with Gasteiger partial charge in [-0.1, -0.05) is 66.7 Å². The minimum atomic E-state index is 0.157. The molecule has 0 radical (unpaired) electrons. The van der Waals surface area contributed by atoms with E-state index in [1.54, 1.807) is 14.2 Å². The third kappa shape index (κ3) is 6.07. The molecule has 4 aromatic carbocycles. The summed E-state index contributed by atoms with van der Waals surface area (Å²) < 4.78 is 23.6. The zero-order chi connectivity index (χ0) is 25.5. The molecule has 5 rings (SSSR count). The van der Waals surface area contributed by atoms with Crippen LogP contribution in [0.3, 0.4) is 0 Å². The van der Waals surface area contributed by atoms with E-state index >= 15 is 0 Å². The maximum Gasteiger partial charge on any atom is 0.162 e. The van der Waals surface area contributed by atoms with E-state index in [1.807, 2.05) is 42.5 Å². The van der Waals surface area contributed by atoms with Crippen molar-refractivity contribution in [3.63, 3.8) is 0 Å². The third-order valence-corrected chi connectivity index (χ3v) is 6.73. The van der Waals surface area contributed by atoms with Crippen molar-refractivity contribution in [2.45, 2.75) is 32.1 Å². The first-order chi connectivity index (χ1) is 18.2. The molecule has 1 heterocycles. The molecule has 37 heavy (non-hydrogen) atoms. The number of hydrogen-bond acceptors (Lipinski definition) is 5. The highest BCUT2D eigenvalue weighted by Crippen LogP contribution is 2.38. The van der Waals surface area contributed by atoms with Crippen LogP contribution in [0.15, 0.2) is 91.0 Å². The van der Waals surface area contributed by atoms with Gasteiger partial charge in [0.2, 0.25) is 0 Å². The lowest BCUT2D eigenvalue weighted by Gasteiger charge is -2.28. The number of rotatable bonds is 10. The fourth-order valence-electron chi connectivity index (χ4n) is 4.77. The number of fused-ring (bicyclic) bond motifs is 1. The zero-order valence-corrected chi connectivity index (χ0v) is 21.4. The van der Waals surface area contributed by atoms with E-state index in [2.05, 4.69) is 53.8 Å². The molecular formula is C32H33NO4. The van der Waals surface area contributed by atoms with Crippen LogP contribution >= 0.6 is 0 Å². The van der Waals surface area contributed by atoms with E-state index in [4.69, 9.17) is 18.9 Å². The fraction of sp³-hybridized carbons (Fsp3) is 0.250. The number of benzene rings is 4. The molecule has 5 heteroatoms. The normalized spacial score (nSPS) is 14.5. The maximum absolute atomic E-state index is 6.21. The summed E-state index contributed by atoms with van der Waals surface area (Å²) in [4.78, 5) is 0. The fourth-order valence-corrected chi connectivity index (χ4v) is 4.77. The van der Waals surface area contributed by atoms with E-state index in [-0.39, 0.29) is 6.04 Å². The topological polar surface area (TPSA) is 49.0 Å². The zero-order valence-electron chi connectivity index (χ0n) is 21.4. The summed E-state index contributed by atoms with van der Waals surface area (Å²) in [6.45, 7) is 1.90. The summed E-state index contributed by atoms with van der Waals surface area (Å²) in [5.74, 6) is 3.02. The number of ether oxygens (including phenoxy) is 4. The molecule has 190 valence electrons. The molecule has 5 nitrogen and oxygen atoms in total. The van der Waals surface area contributed by atoms with Gasteiger partial charge in [-0.3, -0.25) is 0 Å². The lowest BCUT2D eigenvalue weighted by Crippen LogP contribution is -2.31. The van der Waals surface area contributed by atoms with Crippen LogP contribution in [0.2, 0.25) is 0 Å². The first-order valence-electron chi connectivity index (χ1n) is 12.7. The van der Waals surface area contributed by atoms with Gasteiger partial charge in [0.15, 0.2) is 23.0 Å². The van der Waals surface area contributed by atoms with E-state index in [1.165, 1.54) is 16.7 Å². The molecule has 0 saturated heterocycles. The van der Waals surface area contributed by atoms with Crippen LogP contribution in [0.25, 0.3) is 0 Å². The number of nitrogens with one attached hydrogen (secondary N) is 1. The van der Waals surface area contributed by atoms with Crippen molar-refractivity contribution in [2.24, 2.45) is 0 Å². The molecule has 0 aliphatic carbocycles. The minimum Gasteiger partial charge on any atom is -0.493 e. The van der Waals surface area contributed by atoms with Gasteiger partial charge in [0, 0.05) is 6.04 Å². The summed E-state index contributed by atoms with van der Waals surface area (Å²) >= 11 is 0. The molecule has 0 saturated carbocycles. The molecule has 0 spiro atoms. The van der Waals surface area contributed by atoms with Crippen LogP contribution in [0.4, 0.5) is 0 Å². The van der Waals surface area contributed by atoms with Gasteiger partial charge in [0.1, 0.15) is 13.2 Å². The Bertz CT molecular complexity index is 1310. The van der Waals surface area contributed by atoms with Crippen LogP contribution in [0.5, 0.6) is 23.0 Å². The van der Waals surface area contributed by atoms with Gasteiger partial charge < -0.3 is 24.3 Å². The van der Waals surface area contributed by atoms with Crippen LogP contribution in [-0.4, -0.2) is 20.8 Å². The Labute approximate surface area is 219 Å². The molecule has 4 aromatic rings. The first-order valence-corrected chi connectivity index (χ1v) is 12.7. The summed E-state index contributed by atoms with van der Waals surface area (Å²) in [5, 5.41) is 3.70. The summed E-state index contributed by atoms with van der Waals surface area (Å²) in [6, 6.07) is 31.0. The van der Waals surface area contributed by atoms with Gasteiger partial charge in [-0.15, -0.1) is 0 Å². The Balaban J connectivity index is 1.36. The molecule has 1 unspecified atom stereocenters. The van der Waals surface area contributed by atoms with Crippen molar-refractivity contribution in [1.82, 2.24) is 5.32 Å². The monoisotopic (exact) mass is 495 g/mol. The quantitative estimate of drug-likeness (QED) is 0.280. The van der Waals surface area contributed by atoms with Gasteiger partial charge in [-0.25, -0.2) is 0 Å². The molecule has 0 fully saturated rings. The Morgan fingerprint density at radius 2 is 1.27 bits per heavy atom. The van der Waals surface area contributed by atoms with Crippen molar-refractivity contribution in [1.29, 1.82) is 0 Å². The lowest BCUT2D eigenvalue weighted by atomic mass is 9.89. The predicted molar refractivity (Wildman–Crippen MR) is 146 cm³/mol. The first kappa shape index (κ1) is 24.7. The molecule has 0 aromatic heterocycles. The Hall–Kier alpha value is -3.96. The molecular weight excluding hydrogens is 462 g/mol. The maximum atomic E-state index is 6.21. The summed E-state index contributed by atoms with van der Waals surface area (Å²) in [6.07, 6.45) is 1.78. The van der Waals surface area contributed by atoms with Gasteiger partial charge in [-0.05, 0) is 71.5 Å². The smallest absolute Gasteiger partial charge is 0.162 e. The van der Waals surface area contributed by atoms with E-state index in [0.29, 0.717) is 13.2 Å². The number of hydrogen-bond donors (Lipinski definition) is 1.